The van der Waals surface area contributed by atoms with Gasteiger partial charge in [0.2, 0.25) is 5.91 Å². The number of nitrogens with zero attached hydrogens (tertiary/aromatic N) is 1. The molecule has 2 heterocycles. The minimum Gasteiger partial charge on any atom is -0.481 e. The third kappa shape index (κ3) is 2.10. The molecule has 1 amide bonds. The highest BCUT2D eigenvalue weighted by atomic mass is 16.4. The van der Waals surface area contributed by atoms with Gasteiger partial charge in [0.15, 0.2) is 0 Å². The minimum atomic E-state index is -0.864. The topological polar surface area (TPSA) is 69.6 Å². The Morgan fingerprint density at radius 2 is 2.00 bits per heavy atom. The van der Waals surface area contributed by atoms with Crippen molar-refractivity contribution in [3.63, 3.8) is 0 Å². The van der Waals surface area contributed by atoms with Crippen LogP contribution >= 0.6 is 0 Å². The van der Waals surface area contributed by atoms with Crippen LogP contribution in [0, 0.1) is 5.92 Å². The Bertz CT molecular complexity index is 525. The first-order valence-corrected chi connectivity index (χ1v) is 6.47. The zero-order chi connectivity index (χ0) is 13.4. The van der Waals surface area contributed by atoms with Gasteiger partial charge < -0.3 is 15.3 Å². The summed E-state index contributed by atoms with van der Waals surface area (Å²) in [7, 11) is 0. The molecule has 0 spiro atoms. The molecule has 0 saturated carbocycles. The van der Waals surface area contributed by atoms with Gasteiger partial charge in [0.05, 0.1) is 11.8 Å². The van der Waals surface area contributed by atoms with Crippen LogP contribution in [0.5, 0.6) is 0 Å². The maximum absolute atomic E-state index is 12.3. The van der Waals surface area contributed by atoms with Crippen LogP contribution in [0.15, 0.2) is 24.3 Å². The molecule has 1 aromatic rings. The lowest BCUT2D eigenvalue weighted by atomic mass is 9.88. The molecule has 1 saturated heterocycles. The number of carboxylic acids is 1. The molecule has 100 valence electrons. The molecule has 1 fully saturated rings. The van der Waals surface area contributed by atoms with Gasteiger partial charge in [-0.15, -0.1) is 0 Å². The van der Waals surface area contributed by atoms with Gasteiger partial charge in [-0.05, 0) is 11.1 Å². The first-order chi connectivity index (χ1) is 9.16. The van der Waals surface area contributed by atoms with Crippen molar-refractivity contribution in [1.82, 2.24) is 10.2 Å². The molecule has 5 nitrogen and oxygen atoms in total. The van der Waals surface area contributed by atoms with E-state index < -0.39 is 11.9 Å². The van der Waals surface area contributed by atoms with E-state index in [0.717, 1.165) is 11.1 Å². The van der Waals surface area contributed by atoms with Gasteiger partial charge in [0.1, 0.15) is 0 Å². The fourth-order valence-corrected chi connectivity index (χ4v) is 2.71. The fraction of sp³-hybridized carbons (Fsp3) is 0.429. The quantitative estimate of drug-likeness (QED) is 0.808. The van der Waals surface area contributed by atoms with E-state index in [2.05, 4.69) is 5.32 Å². The van der Waals surface area contributed by atoms with Crippen molar-refractivity contribution in [2.45, 2.75) is 12.5 Å². The maximum atomic E-state index is 12.3. The molecule has 1 aromatic carbocycles. The summed E-state index contributed by atoms with van der Waals surface area (Å²) in [4.78, 5) is 25.3. The zero-order valence-electron chi connectivity index (χ0n) is 10.5. The van der Waals surface area contributed by atoms with E-state index in [0.29, 0.717) is 19.6 Å². The molecule has 2 aliphatic rings. The number of aliphatic carboxylic acids is 1. The summed E-state index contributed by atoms with van der Waals surface area (Å²) in [6, 6.07) is 7.49. The molecular weight excluding hydrogens is 244 g/mol. The van der Waals surface area contributed by atoms with Crippen molar-refractivity contribution in [1.29, 1.82) is 0 Å². The van der Waals surface area contributed by atoms with Gasteiger partial charge in [0, 0.05) is 26.2 Å². The van der Waals surface area contributed by atoms with Gasteiger partial charge in [-0.3, -0.25) is 9.59 Å². The standard InChI is InChI=1S/C14H16N2O3/c17-13(10-5-15-6-10)16-7-9-3-1-2-4-11(9)12(8-16)14(18)19/h1-4,10,12,15H,5-8H2,(H,18,19). The second-order valence-corrected chi connectivity index (χ2v) is 5.16. The normalized spacial score (nSPS) is 22.5. The summed E-state index contributed by atoms with van der Waals surface area (Å²) in [5.74, 6) is -1.39. The number of benzene rings is 1. The molecule has 0 bridgehead atoms. The monoisotopic (exact) mass is 260 g/mol. The number of nitrogens with one attached hydrogen (secondary N) is 1. The van der Waals surface area contributed by atoms with Gasteiger partial charge in [-0.1, -0.05) is 24.3 Å². The first-order valence-electron chi connectivity index (χ1n) is 6.47. The molecule has 0 aliphatic carbocycles. The molecule has 1 unspecified atom stereocenters. The Morgan fingerprint density at radius 3 is 2.63 bits per heavy atom. The number of amides is 1. The van der Waals surface area contributed by atoms with Crippen LogP contribution in [0.25, 0.3) is 0 Å². The number of rotatable bonds is 2. The highest BCUT2D eigenvalue weighted by Gasteiger charge is 2.36. The van der Waals surface area contributed by atoms with Crippen LogP contribution in [-0.2, 0) is 16.1 Å². The van der Waals surface area contributed by atoms with Crippen LogP contribution in [-0.4, -0.2) is 41.5 Å². The number of fused-ring (bicyclic) bond motifs is 1. The van der Waals surface area contributed by atoms with Crippen molar-refractivity contribution in [2.75, 3.05) is 19.6 Å². The number of carboxylic acid groups (broad SMARTS) is 1. The summed E-state index contributed by atoms with van der Waals surface area (Å²) in [6.45, 7) is 2.21. The van der Waals surface area contributed by atoms with Crippen molar-refractivity contribution >= 4 is 11.9 Å². The summed E-state index contributed by atoms with van der Waals surface area (Å²) in [5.41, 5.74) is 1.78. The van der Waals surface area contributed by atoms with Crippen molar-refractivity contribution in [3.05, 3.63) is 35.4 Å². The van der Waals surface area contributed by atoms with Crippen molar-refractivity contribution in [2.24, 2.45) is 5.92 Å². The largest absolute Gasteiger partial charge is 0.481 e. The Morgan fingerprint density at radius 1 is 1.26 bits per heavy atom. The van der Waals surface area contributed by atoms with Crippen molar-refractivity contribution < 1.29 is 14.7 Å². The van der Waals surface area contributed by atoms with Crippen LogP contribution in [0.4, 0.5) is 0 Å². The number of hydrogen-bond acceptors (Lipinski definition) is 3. The summed E-state index contributed by atoms with van der Waals surface area (Å²) in [5, 5.41) is 12.4. The molecule has 0 radical (unpaired) electrons. The molecule has 19 heavy (non-hydrogen) atoms. The van der Waals surface area contributed by atoms with E-state index >= 15 is 0 Å². The molecular formula is C14H16N2O3. The smallest absolute Gasteiger partial charge is 0.312 e. The van der Waals surface area contributed by atoms with E-state index in [9.17, 15) is 14.7 Å². The second-order valence-electron chi connectivity index (χ2n) is 5.16. The fourth-order valence-electron chi connectivity index (χ4n) is 2.71. The molecule has 5 heteroatoms. The van der Waals surface area contributed by atoms with Crippen LogP contribution < -0.4 is 5.32 Å². The van der Waals surface area contributed by atoms with Gasteiger partial charge >= 0.3 is 5.97 Å². The predicted octanol–water partition coefficient (Wildman–Crippen LogP) is 0.416. The summed E-state index contributed by atoms with van der Waals surface area (Å²) >= 11 is 0. The molecule has 2 aliphatic heterocycles. The van der Waals surface area contributed by atoms with E-state index in [-0.39, 0.29) is 18.4 Å². The van der Waals surface area contributed by atoms with E-state index in [4.69, 9.17) is 0 Å². The van der Waals surface area contributed by atoms with Gasteiger partial charge in [0.25, 0.3) is 0 Å². The van der Waals surface area contributed by atoms with Gasteiger partial charge in [-0.2, -0.15) is 0 Å². The predicted molar refractivity (Wildman–Crippen MR) is 68.6 cm³/mol. The highest BCUT2D eigenvalue weighted by molar-refractivity contribution is 5.83. The molecule has 0 aromatic heterocycles. The van der Waals surface area contributed by atoms with E-state index in [1.165, 1.54) is 0 Å². The minimum absolute atomic E-state index is 0.0136. The molecule has 3 rings (SSSR count). The Balaban J connectivity index is 1.87. The highest BCUT2D eigenvalue weighted by Crippen LogP contribution is 2.29. The SMILES string of the molecule is O=C(O)C1CN(C(=O)C2CNC2)Cc2ccccc21. The zero-order valence-corrected chi connectivity index (χ0v) is 10.5. The van der Waals surface area contributed by atoms with E-state index in [1.807, 2.05) is 24.3 Å². The number of carbonyl (C=O) groups excluding carboxylic acids is 1. The van der Waals surface area contributed by atoms with Crippen LogP contribution in [0.2, 0.25) is 0 Å². The average molecular weight is 260 g/mol. The van der Waals surface area contributed by atoms with Crippen LogP contribution in [0.3, 0.4) is 0 Å². The average Bonchev–Trinajstić information content (AvgIpc) is 2.35. The Hall–Kier alpha value is -1.88. The lowest BCUT2D eigenvalue weighted by Gasteiger charge is -2.37. The lowest BCUT2D eigenvalue weighted by Crippen LogP contribution is -2.53. The lowest BCUT2D eigenvalue weighted by molar-refractivity contribution is -0.143. The third-order valence-corrected chi connectivity index (χ3v) is 3.94. The number of carbonyl (C=O) groups is 2. The van der Waals surface area contributed by atoms with Crippen LogP contribution in [0.1, 0.15) is 17.0 Å². The summed E-state index contributed by atoms with van der Waals surface area (Å²) < 4.78 is 0. The summed E-state index contributed by atoms with van der Waals surface area (Å²) in [6.07, 6.45) is 0. The Kier molecular flexibility index (Phi) is 2.98. The molecule has 1 atom stereocenters. The molecule has 2 N–H and O–H groups in total. The first kappa shape index (κ1) is 12.2. The Labute approximate surface area is 111 Å². The van der Waals surface area contributed by atoms with Crippen molar-refractivity contribution in [3.8, 4) is 0 Å². The third-order valence-electron chi connectivity index (χ3n) is 3.94. The second kappa shape index (κ2) is 4.66. The van der Waals surface area contributed by atoms with E-state index in [1.54, 1.807) is 4.90 Å². The maximum Gasteiger partial charge on any atom is 0.312 e. The van der Waals surface area contributed by atoms with Gasteiger partial charge in [-0.25, -0.2) is 0 Å². The number of hydrogen-bond donors (Lipinski definition) is 2.